The Bertz CT molecular complexity index is 784. The number of anilines is 1. The van der Waals surface area contributed by atoms with Crippen LogP contribution in [0.4, 0.5) is 10.1 Å². The summed E-state index contributed by atoms with van der Waals surface area (Å²) in [7, 11) is 0. The monoisotopic (exact) mass is 284 g/mol. The fourth-order valence-corrected chi connectivity index (χ4v) is 2.13. The Labute approximate surface area is 120 Å². The molecule has 0 saturated carbocycles. The van der Waals surface area contributed by atoms with Gasteiger partial charge in [0, 0.05) is 6.42 Å². The maximum atomic E-state index is 13.1. The number of rotatable bonds is 4. The van der Waals surface area contributed by atoms with E-state index in [9.17, 15) is 9.18 Å². The van der Waals surface area contributed by atoms with Crippen molar-refractivity contribution in [2.75, 3.05) is 5.32 Å². The third-order valence-corrected chi connectivity index (χ3v) is 3.15. The van der Waals surface area contributed by atoms with E-state index in [0.29, 0.717) is 23.1 Å². The van der Waals surface area contributed by atoms with Crippen molar-refractivity contribution in [2.45, 2.75) is 12.8 Å². The topological polar surface area (TPSA) is 70.7 Å². The minimum Gasteiger partial charge on any atom is -0.324 e. The van der Waals surface area contributed by atoms with Crippen molar-refractivity contribution < 1.29 is 9.18 Å². The first kappa shape index (κ1) is 13.2. The molecule has 0 aliphatic rings. The van der Waals surface area contributed by atoms with E-state index in [1.165, 1.54) is 12.1 Å². The largest absolute Gasteiger partial charge is 0.324 e. The Morgan fingerprint density at radius 1 is 1.19 bits per heavy atom. The molecule has 0 aliphatic heterocycles. The molecule has 0 radical (unpaired) electrons. The van der Waals surface area contributed by atoms with Crippen LogP contribution in [0.3, 0.4) is 0 Å². The number of aryl methyl sites for hydroxylation is 1. The molecule has 0 unspecified atom stereocenters. The van der Waals surface area contributed by atoms with Crippen molar-refractivity contribution in [3.8, 4) is 0 Å². The highest BCUT2D eigenvalue weighted by Gasteiger charge is 2.08. The van der Waals surface area contributed by atoms with Gasteiger partial charge in [0.15, 0.2) is 0 Å². The highest BCUT2D eigenvalue weighted by atomic mass is 19.1. The Balaban J connectivity index is 1.65. The van der Waals surface area contributed by atoms with Gasteiger partial charge in [0.2, 0.25) is 5.91 Å². The normalized spacial score (nSPS) is 10.7. The molecule has 21 heavy (non-hydrogen) atoms. The lowest BCUT2D eigenvalue weighted by Crippen LogP contribution is -2.12. The zero-order valence-corrected chi connectivity index (χ0v) is 11.1. The summed E-state index contributed by atoms with van der Waals surface area (Å²) in [4.78, 5) is 12.0. The van der Waals surface area contributed by atoms with E-state index >= 15 is 0 Å². The van der Waals surface area contributed by atoms with Gasteiger partial charge in [-0.25, -0.2) is 4.39 Å². The fourth-order valence-electron chi connectivity index (χ4n) is 2.13. The van der Waals surface area contributed by atoms with Crippen LogP contribution in [-0.2, 0) is 11.2 Å². The minimum atomic E-state index is -0.291. The summed E-state index contributed by atoms with van der Waals surface area (Å²) < 4.78 is 13.1. The molecule has 6 heteroatoms. The van der Waals surface area contributed by atoms with Gasteiger partial charge in [0.1, 0.15) is 16.9 Å². The third kappa shape index (κ3) is 3.05. The van der Waals surface area contributed by atoms with Crippen LogP contribution in [0.2, 0.25) is 0 Å². The van der Waals surface area contributed by atoms with Crippen LogP contribution >= 0.6 is 0 Å². The van der Waals surface area contributed by atoms with Crippen molar-refractivity contribution in [1.82, 2.24) is 15.4 Å². The van der Waals surface area contributed by atoms with E-state index in [0.717, 1.165) is 5.56 Å². The second kappa shape index (κ2) is 5.70. The lowest BCUT2D eigenvalue weighted by molar-refractivity contribution is -0.116. The van der Waals surface area contributed by atoms with Crippen molar-refractivity contribution in [2.24, 2.45) is 0 Å². The first-order valence-electron chi connectivity index (χ1n) is 6.56. The van der Waals surface area contributed by atoms with E-state index in [4.69, 9.17) is 0 Å². The maximum Gasteiger partial charge on any atom is 0.224 e. The summed E-state index contributed by atoms with van der Waals surface area (Å²) in [5.74, 6) is -0.435. The number of benzene rings is 2. The maximum absolute atomic E-state index is 13.1. The Kier molecular flexibility index (Phi) is 3.59. The molecule has 1 amide bonds. The molecule has 0 fully saturated rings. The molecule has 2 aromatic carbocycles. The van der Waals surface area contributed by atoms with Gasteiger partial charge in [0.25, 0.3) is 0 Å². The SMILES string of the molecule is O=C(CCc1cccc(F)c1)Nc1cccc2n[nH]nc12. The van der Waals surface area contributed by atoms with E-state index < -0.39 is 0 Å². The van der Waals surface area contributed by atoms with Gasteiger partial charge in [0.05, 0.1) is 5.69 Å². The standard InChI is InChI=1S/C15H13FN4O/c16-11-4-1-3-10(9-11)7-8-14(21)17-12-5-2-6-13-15(12)19-20-18-13/h1-6,9H,7-8H2,(H,17,21)(H,18,19,20). The number of nitrogens with zero attached hydrogens (tertiary/aromatic N) is 2. The number of halogens is 1. The average molecular weight is 284 g/mol. The van der Waals surface area contributed by atoms with Gasteiger partial charge in [-0.05, 0) is 36.2 Å². The summed E-state index contributed by atoms with van der Waals surface area (Å²) in [5, 5.41) is 13.3. The Morgan fingerprint density at radius 3 is 2.90 bits per heavy atom. The van der Waals surface area contributed by atoms with Crippen molar-refractivity contribution >= 4 is 22.6 Å². The predicted octanol–water partition coefficient (Wildman–Crippen LogP) is 2.67. The lowest BCUT2D eigenvalue weighted by Gasteiger charge is -2.05. The van der Waals surface area contributed by atoms with Gasteiger partial charge >= 0.3 is 0 Å². The zero-order valence-electron chi connectivity index (χ0n) is 11.1. The molecule has 0 spiro atoms. The number of aromatic nitrogens is 3. The molecule has 1 aromatic heterocycles. The summed E-state index contributed by atoms with van der Waals surface area (Å²) in [5.41, 5.74) is 2.73. The van der Waals surface area contributed by atoms with Gasteiger partial charge in [-0.15, -0.1) is 0 Å². The number of H-pyrrole nitrogens is 1. The molecular formula is C15H13FN4O. The molecule has 5 nitrogen and oxygen atoms in total. The highest BCUT2D eigenvalue weighted by Crippen LogP contribution is 2.19. The number of para-hydroxylation sites is 1. The number of carbonyl (C=O) groups is 1. The van der Waals surface area contributed by atoms with Crippen LogP contribution in [-0.4, -0.2) is 21.3 Å². The second-order valence-electron chi connectivity index (χ2n) is 4.68. The number of amides is 1. The van der Waals surface area contributed by atoms with Crippen LogP contribution in [0.1, 0.15) is 12.0 Å². The van der Waals surface area contributed by atoms with Gasteiger partial charge < -0.3 is 5.32 Å². The summed E-state index contributed by atoms with van der Waals surface area (Å²) in [6.07, 6.45) is 0.760. The fraction of sp³-hybridized carbons (Fsp3) is 0.133. The van der Waals surface area contributed by atoms with Crippen LogP contribution in [0.25, 0.3) is 11.0 Å². The smallest absolute Gasteiger partial charge is 0.224 e. The molecule has 0 aliphatic carbocycles. The van der Waals surface area contributed by atoms with Gasteiger partial charge in [-0.2, -0.15) is 15.4 Å². The van der Waals surface area contributed by atoms with Gasteiger partial charge in [-0.3, -0.25) is 4.79 Å². The molecule has 2 N–H and O–H groups in total. The number of fused-ring (bicyclic) bond motifs is 1. The quantitative estimate of drug-likeness (QED) is 0.773. The van der Waals surface area contributed by atoms with Crippen LogP contribution in [0, 0.1) is 5.82 Å². The molecule has 1 heterocycles. The average Bonchev–Trinajstić information content (AvgIpc) is 2.95. The van der Waals surface area contributed by atoms with Crippen molar-refractivity contribution in [3.63, 3.8) is 0 Å². The minimum absolute atomic E-state index is 0.144. The predicted molar refractivity (Wildman–Crippen MR) is 77.2 cm³/mol. The molecule has 3 rings (SSSR count). The van der Waals surface area contributed by atoms with E-state index in [1.54, 1.807) is 30.3 Å². The lowest BCUT2D eigenvalue weighted by atomic mass is 10.1. The zero-order chi connectivity index (χ0) is 14.7. The highest BCUT2D eigenvalue weighted by molar-refractivity contribution is 5.99. The van der Waals surface area contributed by atoms with Crippen molar-refractivity contribution in [3.05, 3.63) is 53.8 Å². The molecule has 106 valence electrons. The summed E-state index contributed by atoms with van der Waals surface area (Å²) >= 11 is 0. The molecular weight excluding hydrogens is 271 g/mol. The van der Waals surface area contributed by atoms with Crippen LogP contribution in [0.15, 0.2) is 42.5 Å². The Morgan fingerprint density at radius 2 is 2.05 bits per heavy atom. The van der Waals surface area contributed by atoms with E-state index in [1.807, 2.05) is 0 Å². The van der Waals surface area contributed by atoms with E-state index in [-0.39, 0.29) is 18.1 Å². The number of hydrogen-bond acceptors (Lipinski definition) is 3. The molecule has 0 saturated heterocycles. The first-order chi connectivity index (χ1) is 10.2. The van der Waals surface area contributed by atoms with Crippen LogP contribution < -0.4 is 5.32 Å². The number of nitrogens with one attached hydrogen (secondary N) is 2. The molecule has 0 atom stereocenters. The molecule has 3 aromatic rings. The number of hydrogen-bond donors (Lipinski definition) is 2. The van der Waals surface area contributed by atoms with Crippen LogP contribution in [0.5, 0.6) is 0 Å². The molecule has 0 bridgehead atoms. The number of carbonyl (C=O) groups excluding carboxylic acids is 1. The summed E-state index contributed by atoms with van der Waals surface area (Å²) in [6, 6.07) is 11.6. The first-order valence-corrected chi connectivity index (χ1v) is 6.56. The van der Waals surface area contributed by atoms with E-state index in [2.05, 4.69) is 20.7 Å². The van der Waals surface area contributed by atoms with Crippen molar-refractivity contribution in [1.29, 1.82) is 0 Å². The number of aromatic amines is 1. The van der Waals surface area contributed by atoms with Gasteiger partial charge in [-0.1, -0.05) is 18.2 Å². The second-order valence-corrected chi connectivity index (χ2v) is 4.68. The summed E-state index contributed by atoms with van der Waals surface area (Å²) in [6.45, 7) is 0. The third-order valence-electron chi connectivity index (χ3n) is 3.15. The Hall–Kier alpha value is -2.76.